The molecule has 118 valence electrons. The van der Waals surface area contributed by atoms with E-state index in [1.54, 1.807) is 7.11 Å². The Hall–Kier alpha value is -2.82. The number of carbonyl (C=O) groups excluding carboxylic acids is 1. The largest absolute Gasteiger partial charge is 0.495 e. The van der Waals surface area contributed by atoms with Gasteiger partial charge in [0.25, 0.3) is 5.91 Å². The van der Waals surface area contributed by atoms with Crippen LogP contribution in [0.15, 0.2) is 42.6 Å². The zero-order valence-electron chi connectivity index (χ0n) is 13.5. The van der Waals surface area contributed by atoms with Gasteiger partial charge >= 0.3 is 0 Å². The molecule has 0 radical (unpaired) electrons. The fourth-order valence-electron chi connectivity index (χ4n) is 2.63. The predicted molar refractivity (Wildman–Crippen MR) is 90.3 cm³/mol. The van der Waals surface area contributed by atoms with Crippen LogP contribution in [-0.2, 0) is 6.42 Å². The van der Waals surface area contributed by atoms with E-state index in [1.807, 2.05) is 60.8 Å². The van der Waals surface area contributed by atoms with Crippen molar-refractivity contribution in [1.82, 2.24) is 9.38 Å². The van der Waals surface area contributed by atoms with Crippen LogP contribution >= 0.6 is 0 Å². The summed E-state index contributed by atoms with van der Waals surface area (Å²) in [5, 5.41) is 2.95. The number of pyridine rings is 1. The second kappa shape index (κ2) is 6.12. The van der Waals surface area contributed by atoms with Gasteiger partial charge in [0.2, 0.25) is 0 Å². The molecule has 2 aromatic heterocycles. The zero-order chi connectivity index (χ0) is 16.4. The SMILES string of the molecule is CCc1nc2ccccn2c1C(=O)Nc1cc(C)ccc1OC. The van der Waals surface area contributed by atoms with Gasteiger partial charge in [0, 0.05) is 6.20 Å². The first-order valence-corrected chi connectivity index (χ1v) is 7.56. The van der Waals surface area contributed by atoms with E-state index in [9.17, 15) is 4.79 Å². The normalized spacial score (nSPS) is 10.7. The van der Waals surface area contributed by atoms with E-state index in [4.69, 9.17) is 4.74 Å². The van der Waals surface area contributed by atoms with Crippen LogP contribution in [0.2, 0.25) is 0 Å². The molecule has 0 aliphatic carbocycles. The molecule has 0 unspecified atom stereocenters. The van der Waals surface area contributed by atoms with Crippen molar-refractivity contribution in [1.29, 1.82) is 0 Å². The molecule has 0 spiro atoms. The highest BCUT2D eigenvalue weighted by molar-refractivity contribution is 6.05. The Balaban J connectivity index is 2.03. The predicted octanol–water partition coefficient (Wildman–Crippen LogP) is 3.47. The number of methoxy groups -OCH3 is 1. The molecular formula is C18H19N3O2. The standard InChI is InChI=1S/C18H19N3O2/c1-4-13-17(21-10-6-5-7-16(21)19-13)18(22)20-14-11-12(2)8-9-15(14)23-3/h5-11H,4H2,1-3H3,(H,20,22). The lowest BCUT2D eigenvalue weighted by molar-refractivity contribution is 0.102. The number of ether oxygens (including phenoxy) is 1. The van der Waals surface area contributed by atoms with Crippen molar-refractivity contribution in [2.24, 2.45) is 0 Å². The Bertz CT molecular complexity index is 868. The van der Waals surface area contributed by atoms with Gasteiger partial charge in [-0.1, -0.05) is 19.1 Å². The molecule has 5 heteroatoms. The number of amides is 1. The van der Waals surface area contributed by atoms with Gasteiger partial charge in [0.05, 0.1) is 18.5 Å². The lowest BCUT2D eigenvalue weighted by atomic mass is 10.2. The van der Waals surface area contributed by atoms with Crippen molar-refractivity contribution in [3.63, 3.8) is 0 Å². The molecule has 3 aromatic rings. The topological polar surface area (TPSA) is 55.6 Å². The zero-order valence-corrected chi connectivity index (χ0v) is 13.5. The van der Waals surface area contributed by atoms with E-state index in [0.29, 0.717) is 23.6 Å². The first-order chi connectivity index (χ1) is 11.1. The maximum Gasteiger partial charge on any atom is 0.274 e. The minimum atomic E-state index is -0.190. The van der Waals surface area contributed by atoms with Crippen LogP contribution in [0, 0.1) is 6.92 Å². The van der Waals surface area contributed by atoms with E-state index in [2.05, 4.69) is 10.3 Å². The number of fused-ring (bicyclic) bond motifs is 1. The fourth-order valence-corrected chi connectivity index (χ4v) is 2.63. The van der Waals surface area contributed by atoms with Gasteiger partial charge in [-0.2, -0.15) is 0 Å². The molecule has 23 heavy (non-hydrogen) atoms. The van der Waals surface area contributed by atoms with Crippen LogP contribution in [0.4, 0.5) is 5.69 Å². The van der Waals surface area contributed by atoms with Gasteiger partial charge in [0.15, 0.2) is 0 Å². The Morgan fingerprint density at radius 2 is 2.13 bits per heavy atom. The number of rotatable bonds is 4. The maximum absolute atomic E-state index is 12.8. The van der Waals surface area contributed by atoms with Crippen molar-refractivity contribution >= 4 is 17.2 Å². The maximum atomic E-state index is 12.8. The first kappa shape index (κ1) is 15.1. The third-order valence-electron chi connectivity index (χ3n) is 3.76. The Morgan fingerprint density at radius 1 is 1.30 bits per heavy atom. The molecule has 1 amide bonds. The van der Waals surface area contributed by atoms with Crippen LogP contribution in [0.25, 0.3) is 5.65 Å². The summed E-state index contributed by atoms with van der Waals surface area (Å²) in [6.07, 6.45) is 2.54. The second-order valence-electron chi connectivity index (χ2n) is 5.35. The van der Waals surface area contributed by atoms with Crippen LogP contribution in [0.5, 0.6) is 5.75 Å². The average molecular weight is 309 g/mol. The fraction of sp³-hybridized carbons (Fsp3) is 0.222. The summed E-state index contributed by atoms with van der Waals surface area (Å²) in [5.74, 6) is 0.445. The van der Waals surface area contributed by atoms with Crippen molar-refractivity contribution in [3.05, 3.63) is 59.5 Å². The van der Waals surface area contributed by atoms with Gasteiger partial charge in [-0.3, -0.25) is 9.20 Å². The van der Waals surface area contributed by atoms with Crippen molar-refractivity contribution in [2.75, 3.05) is 12.4 Å². The Labute approximate surface area is 134 Å². The van der Waals surface area contributed by atoms with Gasteiger partial charge in [-0.15, -0.1) is 0 Å². The molecule has 1 aromatic carbocycles. The van der Waals surface area contributed by atoms with E-state index in [-0.39, 0.29) is 5.91 Å². The number of hydrogen-bond acceptors (Lipinski definition) is 3. The molecule has 0 fully saturated rings. The summed E-state index contributed by atoms with van der Waals surface area (Å²) in [4.78, 5) is 17.3. The molecule has 0 saturated carbocycles. The number of aromatic nitrogens is 2. The van der Waals surface area contributed by atoms with Crippen LogP contribution in [0.3, 0.4) is 0 Å². The number of nitrogens with zero attached hydrogens (tertiary/aromatic N) is 2. The highest BCUT2D eigenvalue weighted by Gasteiger charge is 2.19. The number of benzene rings is 1. The summed E-state index contributed by atoms with van der Waals surface area (Å²) >= 11 is 0. The minimum absolute atomic E-state index is 0.190. The summed E-state index contributed by atoms with van der Waals surface area (Å²) in [5.41, 5.74) is 3.82. The lowest BCUT2D eigenvalue weighted by Crippen LogP contribution is -2.16. The van der Waals surface area contributed by atoms with Crippen molar-refractivity contribution < 1.29 is 9.53 Å². The highest BCUT2D eigenvalue weighted by Crippen LogP contribution is 2.26. The lowest BCUT2D eigenvalue weighted by Gasteiger charge is -2.11. The number of anilines is 1. The molecule has 0 atom stereocenters. The van der Waals surface area contributed by atoms with E-state index >= 15 is 0 Å². The Kier molecular flexibility index (Phi) is 4.02. The number of hydrogen-bond donors (Lipinski definition) is 1. The van der Waals surface area contributed by atoms with Gasteiger partial charge < -0.3 is 10.1 Å². The molecule has 5 nitrogen and oxygen atoms in total. The molecule has 0 aliphatic heterocycles. The van der Waals surface area contributed by atoms with Gasteiger partial charge in [0.1, 0.15) is 17.1 Å². The molecular weight excluding hydrogens is 290 g/mol. The number of imidazole rings is 1. The van der Waals surface area contributed by atoms with E-state index < -0.39 is 0 Å². The number of aryl methyl sites for hydroxylation is 2. The molecule has 0 saturated heterocycles. The van der Waals surface area contributed by atoms with E-state index in [0.717, 1.165) is 16.9 Å². The van der Waals surface area contributed by atoms with Crippen molar-refractivity contribution in [3.8, 4) is 5.75 Å². The minimum Gasteiger partial charge on any atom is -0.495 e. The smallest absolute Gasteiger partial charge is 0.274 e. The summed E-state index contributed by atoms with van der Waals surface area (Å²) in [7, 11) is 1.59. The molecule has 3 rings (SSSR count). The summed E-state index contributed by atoms with van der Waals surface area (Å²) < 4.78 is 7.14. The highest BCUT2D eigenvalue weighted by atomic mass is 16.5. The number of carbonyl (C=O) groups is 1. The van der Waals surface area contributed by atoms with Crippen LogP contribution in [-0.4, -0.2) is 22.4 Å². The molecule has 0 bridgehead atoms. The summed E-state index contributed by atoms with van der Waals surface area (Å²) in [6, 6.07) is 11.4. The molecule has 0 aliphatic rings. The van der Waals surface area contributed by atoms with Crippen LogP contribution in [0.1, 0.15) is 28.7 Å². The first-order valence-electron chi connectivity index (χ1n) is 7.56. The molecule has 2 heterocycles. The van der Waals surface area contributed by atoms with Crippen molar-refractivity contribution in [2.45, 2.75) is 20.3 Å². The third kappa shape index (κ3) is 2.77. The average Bonchev–Trinajstić information content (AvgIpc) is 2.93. The second-order valence-corrected chi connectivity index (χ2v) is 5.35. The quantitative estimate of drug-likeness (QED) is 0.803. The molecule has 1 N–H and O–H groups in total. The van der Waals surface area contributed by atoms with Gasteiger partial charge in [-0.05, 0) is 43.2 Å². The number of nitrogens with one attached hydrogen (secondary N) is 1. The summed E-state index contributed by atoms with van der Waals surface area (Å²) in [6.45, 7) is 3.96. The Morgan fingerprint density at radius 3 is 2.87 bits per heavy atom. The van der Waals surface area contributed by atoms with Gasteiger partial charge in [-0.25, -0.2) is 4.98 Å². The third-order valence-corrected chi connectivity index (χ3v) is 3.76. The monoisotopic (exact) mass is 309 g/mol. The van der Waals surface area contributed by atoms with E-state index in [1.165, 1.54) is 0 Å². The van der Waals surface area contributed by atoms with Crippen LogP contribution < -0.4 is 10.1 Å².